The maximum absolute atomic E-state index is 12.8. The highest BCUT2D eigenvalue weighted by Gasteiger charge is 2.47. The fraction of sp³-hybridized carbons (Fsp3) is 0.375. The van der Waals surface area contributed by atoms with Gasteiger partial charge in [0.1, 0.15) is 5.76 Å². The quantitative estimate of drug-likeness (QED) is 0.765. The van der Waals surface area contributed by atoms with E-state index in [0.29, 0.717) is 12.3 Å². The van der Waals surface area contributed by atoms with Crippen LogP contribution in [0.15, 0.2) is 33.7 Å². The van der Waals surface area contributed by atoms with Crippen molar-refractivity contribution in [3.63, 3.8) is 0 Å². The van der Waals surface area contributed by atoms with Crippen LogP contribution in [0.1, 0.15) is 41.9 Å². The van der Waals surface area contributed by atoms with Gasteiger partial charge in [-0.15, -0.1) is 0 Å². The topological polar surface area (TPSA) is 101 Å². The predicted octanol–water partition coefficient (Wildman–Crippen LogP) is 3.53. The van der Waals surface area contributed by atoms with Crippen LogP contribution in [-0.2, 0) is 9.84 Å². The molecule has 0 aliphatic heterocycles. The number of aromatic nitrogens is 1. The highest BCUT2D eigenvalue weighted by molar-refractivity contribution is 7.92. The molecule has 2 aromatic rings. The Balaban J connectivity index is 1.91. The molecule has 7 nitrogen and oxygen atoms in total. The molecule has 0 saturated heterocycles. The van der Waals surface area contributed by atoms with Crippen molar-refractivity contribution < 1.29 is 30.9 Å². The van der Waals surface area contributed by atoms with Crippen molar-refractivity contribution in [1.82, 2.24) is 5.16 Å². The van der Waals surface area contributed by atoms with E-state index < -0.39 is 26.1 Å². The zero-order valence-corrected chi connectivity index (χ0v) is 14.9. The molecule has 2 N–H and O–H groups in total. The van der Waals surface area contributed by atoms with E-state index in [9.17, 15) is 26.4 Å². The van der Waals surface area contributed by atoms with E-state index in [1.165, 1.54) is 6.07 Å². The Morgan fingerprint density at radius 1 is 1.26 bits per heavy atom. The molecular weight excluding hydrogens is 387 g/mol. The number of nitrogens with zero attached hydrogens (tertiary/aromatic N) is 1. The molecule has 146 valence electrons. The molecule has 11 heteroatoms. The number of hydrogen-bond acceptors (Lipinski definition) is 6. The number of amides is 1. The second-order valence-electron chi connectivity index (χ2n) is 6.03. The third kappa shape index (κ3) is 3.92. The molecule has 1 fully saturated rings. The summed E-state index contributed by atoms with van der Waals surface area (Å²) < 4.78 is 66.7. The van der Waals surface area contributed by atoms with Crippen molar-refractivity contribution in [3.05, 3.63) is 35.7 Å². The van der Waals surface area contributed by atoms with Gasteiger partial charge in [-0.3, -0.25) is 4.79 Å². The van der Waals surface area contributed by atoms with E-state index in [0.717, 1.165) is 31.0 Å². The average Bonchev–Trinajstić information content (AvgIpc) is 3.32. The second-order valence-corrected chi connectivity index (χ2v) is 7.97. The van der Waals surface area contributed by atoms with Crippen LogP contribution in [0.3, 0.4) is 0 Å². The van der Waals surface area contributed by atoms with Crippen LogP contribution in [0.5, 0.6) is 0 Å². The average molecular weight is 403 g/mol. The number of carbonyl (C=O) groups excluding carboxylic acids is 1. The molecule has 0 spiro atoms. The molecule has 27 heavy (non-hydrogen) atoms. The number of nitrogens with one attached hydrogen (secondary N) is 2. The first-order chi connectivity index (χ1) is 12.6. The number of anilines is 2. The maximum Gasteiger partial charge on any atom is 0.501 e. The van der Waals surface area contributed by atoms with Crippen LogP contribution in [0.4, 0.5) is 24.5 Å². The first-order valence-corrected chi connectivity index (χ1v) is 9.59. The van der Waals surface area contributed by atoms with E-state index in [2.05, 4.69) is 15.8 Å². The first kappa shape index (κ1) is 19.2. The third-order valence-corrected chi connectivity index (χ3v) is 5.45. The van der Waals surface area contributed by atoms with Gasteiger partial charge in [-0.1, -0.05) is 5.16 Å². The minimum absolute atomic E-state index is 0.0385. The number of carbonyl (C=O) groups is 1. The Labute approximate surface area is 152 Å². The highest BCUT2D eigenvalue weighted by Crippen LogP contribution is 2.40. The minimum atomic E-state index is -5.54. The molecule has 1 heterocycles. The standard InChI is InChI=1S/C16H16F3N3O4S/c1-2-20-11-6-5-10(27(24,25)16(17,18)19)7-12(11)21-15(23)13-8-14(26-22-13)9-3-4-9/h5-9,20H,2-4H2,1H3,(H,21,23). The van der Waals surface area contributed by atoms with Gasteiger partial charge in [-0.2, -0.15) is 13.2 Å². The number of sulfone groups is 1. The van der Waals surface area contributed by atoms with Crippen molar-refractivity contribution in [3.8, 4) is 0 Å². The van der Waals surface area contributed by atoms with Gasteiger partial charge < -0.3 is 15.2 Å². The Kier molecular flexibility index (Phi) is 4.89. The minimum Gasteiger partial charge on any atom is -0.384 e. The molecule has 3 rings (SSSR count). The van der Waals surface area contributed by atoms with E-state index in [1.54, 1.807) is 6.92 Å². The summed E-state index contributed by atoms with van der Waals surface area (Å²) in [5.41, 5.74) is -5.32. The monoisotopic (exact) mass is 403 g/mol. The molecule has 1 saturated carbocycles. The predicted molar refractivity (Wildman–Crippen MR) is 90.3 cm³/mol. The highest BCUT2D eigenvalue weighted by atomic mass is 32.2. The number of halogens is 3. The Hall–Kier alpha value is -2.56. The first-order valence-electron chi connectivity index (χ1n) is 8.10. The summed E-state index contributed by atoms with van der Waals surface area (Å²) in [5, 5.41) is 8.90. The molecule has 1 aromatic carbocycles. The van der Waals surface area contributed by atoms with Crippen LogP contribution in [-0.4, -0.2) is 31.5 Å². The molecular formula is C16H16F3N3O4S. The fourth-order valence-electron chi connectivity index (χ4n) is 2.42. The van der Waals surface area contributed by atoms with Crippen molar-refractivity contribution in [1.29, 1.82) is 0 Å². The van der Waals surface area contributed by atoms with Crippen LogP contribution in [0, 0.1) is 0 Å². The lowest BCUT2D eigenvalue weighted by molar-refractivity contribution is -0.0436. The maximum atomic E-state index is 12.8. The van der Waals surface area contributed by atoms with Crippen molar-refractivity contribution in [2.45, 2.75) is 36.1 Å². The fourth-order valence-corrected chi connectivity index (χ4v) is 3.20. The Morgan fingerprint density at radius 2 is 1.96 bits per heavy atom. The largest absolute Gasteiger partial charge is 0.501 e. The number of hydrogen-bond donors (Lipinski definition) is 2. The summed E-state index contributed by atoms with van der Waals surface area (Å²) in [6, 6.07) is 4.23. The van der Waals surface area contributed by atoms with Gasteiger partial charge in [0.15, 0.2) is 5.69 Å². The lowest BCUT2D eigenvalue weighted by Crippen LogP contribution is -2.23. The molecule has 0 radical (unpaired) electrons. The SMILES string of the molecule is CCNc1ccc(S(=O)(=O)C(F)(F)F)cc1NC(=O)c1cc(C2CC2)on1. The van der Waals surface area contributed by atoms with Crippen LogP contribution in [0.2, 0.25) is 0 Å². The van der Waals surface area contributed by atoms with Gasteiger partial charge >= 0.3 is 5.51 Å². The van der Waals surface area contributed by atoms with E-state index in [1.807, 2.05) is 0 Å². The zero-order chi connectivity index (χ0) is 19.8. The Bertz CT molecular complexity index is 966. The summed E-state index contributed by atoms with van der Waals surface area (Å²) in [5.74, 6) is 0.0865. The summed E-state index contributed by atoms with van der Waals surface area (Å²) in [7, 11) is -5.54. The Morgan fingerprint density at radius 3 is 2.56 bits per heavy atom. The van der Waals surface area contributed by atoms with E-state index in [-0.39, 0.29) is 23.0 Å². The van der Waals surface area contributed by atoms with Crippen molar-refractivity contribution >= 4 is 27.1 Å². The van der Waals surface area contributed by atoms with Gasteiger partial charge in [0.25, 0.3) is 15.7 Å². The van der Waals surface area contributed by atoms with Gasteiger partial charge in [0.05, 0.1) is 16.3 Å². The molecule has 0 bridgehead atoms. The lowest BCUT2D eigenvalue weighted by atomic mass is 10.2. The number of alkyl halides is 3. The molecule has 1 aliphatic carbocycles. The van der Waals surface area contributed by atoms with Crippen LogP contribution in [0.25, 0.3) is 0 Å². The van der Waals surface area contributed by atoms with E-state index in [4.69, 9.17) is 4.52 Å². The summed E-state index contributed by atoms with van der Waals surface area (Å²) in [6.45, 7) is 2.15. The third-order valence-electron chi connectivity index (χ3n) is 3.96. The number of benzene rings is 1. The van der Waals surface area contributed by atoms with Gasteiger partial charge in [0.2, 0.25) is 0 Å². The summed E-state index contributed by atoms with van der Waals surface area (Å²) >= 11 is 0. The number of rotatable bonds is 6. The zero-order valence-electron chi connectivity index (χ0n) is 14.1. The molecule has 0 atom stereocenters. The van der Waals surface area contributed by atoms with Crippen molar-refractivity contribution in [2.24, 2.45) is 0 Å². The summed E-state index contributed by atoms with van der Waals surface area (Å²) in [4.78, 5) is 11.4. The van der Waals surface area contributed by atoms with E-state index >= 15 is 0 Å². The van der Waals surface area contributed by atoms with Crippen LogP contribution >= 0.6 is 0 Å². The molecule has 1 aliphatic rings. The smallest absolute Gasteiger partial charge is 0.384 e. The molecule has 0 unspecified atom stereocenters. The van der Waals surface area contributed by atoms with Crippen LogP contribution < -0.4 is 10.6 Å². The van der Waals surface area contributed by atoms with Gasteiger partial charge in [-0.25, -0.2) is 8.42 Å². The van der Waals surface area contributed by atoms with Gasteiger partial charge in [0, 0.05) is 18.5 Å². The second kappa shape index (κ2) is 6.87. The summed E-state index contributed by atoms with van der Waals surface area (Å²) in [6.07, 6.45) is 1.89. The molecule has 1 aromatic heterocycles. The normalized spacial score (nSPS) is 14.8. The van der Waals surface area contributed by atoms with Crippen molar-refractivity contribution in [2.75, 3.05) is 17.2 Å². The van der Waals surface area contributed by atoms with Gasteiger partial charge in [-0.05, 0) is 38.0 Å². The lowest BCUT2D eigenvalue weighted by Gasteiger charge is -2.14. The molecule has 1 amide bonds.